The molecule has 2 amide bonds. The van der Waals surface area contributed by atoms with Gasteiger partial charge in [-0.05, 0) is 77.0 Å². The number of amidine groups is 1. The Hall–Kier alpha value is -3.21. The number of aliphatic imine (C=N–C) groups is 1. The van der Waals surface area contributed by atoms with Crippen molar-refractivity contribution in [2.75, 3.05) is 0 Å². The second-order valence-electron chi connectivity index (χ2n) is 8.77. The normalized spacial score (nSPS) is 15.3. The number of amides is 2. The van der Waals surface area contributed by atoms with Gasteiger partial charge in [0.25, 0.3) is 15.9 Å². The molecule has 1 aliphatic heterocycles. The van der Waals surface area contributed by atoms with E-state index in [1.165, 1.54) is 23.9 Å². The zero-order valence-corrected chi connectivity index (χ0v) is 25.0. The molecule has 2 N–H and O–H groups in total. The van der Waals surface area contributed by atoms with Gasteiger partial charge in [-0.3, -0.25) is 9.59 Å². The predicted octanol–water partition coefficient (Wildman–Crippen LogP) is 2.20. The Morgan fingerprint density at radius 3 is 2.38 bits per heavy atom. The number of benzene rings is 4. The third-order valence-corrected chi connectivity index (χ3v) is 8.13. The Morgan fingerprint density at radius 2 is 1.67 bits per heavy atom. The first-order valence-electron chi connectivity index (χ1n) is 11.7. The topological polar surface area (TPSA) is 105 Å². The Labute approximate surface area is 254 Å². The molecule has 0 unspecified atom stereocenters. The molecule has 192 valence electrons. The van der Waals surface area contributed by atoms with Gasteiger partial charge in [-0.2, -0.15) is 0 Å². The SMILES string of the molecule is Cc1ccc(S(=O)(=O)NC(=O)Cc2ccc(N=C3NC(=O)/C(=C/c4ccc5ccccc5c4)S3)cc2)cc1.[H-].[Na+]. The van der Waals surface area contributed by atoms with E-state index in [0.717, 1.165) is 21.9 Å². The molecular formula is C29H24N3NaO4S2. The number of fused-ring (bicyclic) bond motifs is 1. The van der Waals surface area contributed by atoms with E-state index >= 15 is 0 Å². The molecule has 1 fully saturated rings. The fraction of sp³-hybridized carbons (Fsp3) is 0.0690. The van der Waals surface area contributed by atoms with Crippen LogP contribution in [0.1, 0.15) is 18.1 Å². The Balaban J connectivity index is 0.00000220. The van der Waals surface area contributed by atoms with E-state index in [4.69, 9.17) is 0 Å². The molecule has 1 heterocycles. The van der Waals surface area contributed by atoms with E-state index in [2.05, 4.69) is 15.0 Å². The average molecular weight is 566 g/mol. The van der Waals surface area contributed by atoms with Crippen molar-refractivity contribution < 1.29 is 49.0 Å². The number of aryl methyl sites for hydroxylation is 1. The first kappa shape index (κ1) is 28.8. The van der Waals surface area contributed by atoms with Gasteiger partial charge in [-0.15, -0.1) is 0 Å². The number of nitrogens with zero attached hydrogens (tertiary/aromatic N) is 1. The van der Waals surface area contributed by atoms with Crippen LogP contribution in [-0.4, -0.2) is 25.4 Å². The first-order valence-corrected chi connectivity index (χ1v) is 14.0. The molecule has 1 saturated heterocycles. The number of rotatable bonds is 6. The molecule has 0 radical (unpaired) electrons. The van der Waals surface area contributed by atoms with Crippen LogP contribution in [0, 0.1) is 6.92 Å². The molecule has 0 aromatic heterocycles. The van der Waals surface area contributed by atoms with Crippen LogP contribution in [0.4, 0.5) is 5.69 Å². The number of carbonyl (C=O) groups excluding carboxylic acids is 2. The van der Waals surface area contributed by atoms with Gasteiger partial charge >= 0.3 is 29.6 Å². The fourth-order valence-corrected chi connectivity index (χ4v) is 5.71. The van der Waals surface area contributed by atoms with Crippen molar-refractivity contribution in [3.63, 3.8) is 0 Å². The summed E-state index contributed by atoms with van der Waals surface area (Å²) in [5, 5.41) is 5.46. The van der Waals surface area contributed by atoms with E-state index in [1.54, 1.807) is 36.4 Å². The molecular weight excluding hydrogens is 541 g/mol. The van der Waals surface area contributed by atoms with Crippen molar-refractivity contribution in [2.45, 2.75) is 18.2 Å². The molecule has 1 aliphatic rings. The Bertz CT molecular complexity index is 1720. The van der Waals surface area contributed by atoms with E-state index < -0.39 is 15.9 Å². The van der Waals surface area contributed by atoms with Gasteiger partial charge in [0.05, 0.1) is 21.9 Å². The first-order chi connectivity index (χ1) is 18.2. The van der Waals surface area contributed by atoms with Gasteiger partial charge in [0.2, 0.25) is 5.91 Å². The largest absolute Gasteiger partial charge is 1.00 e. The monoisotopic (exact) mass is 565 g/mol. The summed E-state index contributed by atoms with van der Waals surface area (Å²) >= 11 is 1.25. The zero-order chi connectivity index (χ0) is 26.7. The van der Waals surface area contributed by atoms with Gasteiger partial charge in [-0.1, -0.05) is 66.2 Å². The fourth-order valence-electron chi connectivity index (χ4n) is 3.88. The maximum atomic E-state index is 12.5. The van der Waals surface area contributed by atoms with Crippen LogP contribution in [0.3, 0.4) is 0 Å². The van der Waals surface area contributed by atoms with Crippen molar-refractivity contribution in [3.8, 4) is 0 Å². The maximum absolute atomic E-state index is 12.5. The van der Waals surface area contributed by atoms with Crippen LogP contribution < -0.4 is 39.6 Å². The van der Waals surface area contributed by atoms with E-state index in [1.807, 2.05) is 55.5 Å². The summed E-state index contributed by atoms with van der Waals surface area (Å²) in [5.41, 5.74) is 3.07. The van der Waals surface area contributed by atoms with Crippen molar-refractivity contribution in [1.29, 1.82) is 0 Å². The number of nitrogens with one attached hydrogen (secondary N) is 2. The summed E-state index contributed by atoms with van der Waals surface area (Å²) in [5.74, 6) is -0.850. The number of thioether (sulfide) groups is 1. The quantitative estimate of drug-likeness (QED) is 0.276. The van der Waals surface area contributed by atoms with Crippen molar-refractivity contribution in [3.05, 3.63) is 113 Å². The smallest absolute Gasteiger partial charge is 1.00 e. The second-order valence-corrected chi connectivity index (χ2v) is 11.5. The molecule has 0 bridgehead atoms. The van der Waals surface area contributed by atoms with Gasteiger partial charge < -0.3 is 6.74 Å². The molecule has 7 nitrogen and oxygen atoms in total. The van der Waals surface area contributed by atoms with Crippen LogP contribution in [-0.2, 0) is 26.0 Å². The molecule has 0 atom stereocenters. The number of hydrogen-bond donors (Lipinski definition) is 2. The van der Waals surface area contributed by atoms with Crippen LogP contribution in [0.15, 0.2) is 106 Å². The molecule has 39 heavy (non-hydrogen) atoms. The standard InChI is InChI=1S/C29H23N3O4S2.Na.H/c1-19-6-14-25(15-7-19)38(35,36)32-27(33)18-20-9-12-24(13-10-20)30-29-31-28(34)26(37-29)17-21-8-11-22-4-2-3-5-23(22)16-21;;/h2-17H,18H2,1H3,(H,32,33)(H,30,31,34);;/q;+1;-1/b26-17-;;. The summed E-state index contributed by atoms with van der Waals surface area (Å²) in [4.78, 5) is 29.9. The summed E-state index contributed by atoms with van der Waals surface area (Å²) < 4.78 is 27.0. The van der Waals surface area contributed by atoms with E-state index in [0.29, 0.717) is 21.3 Å². The zero-order valence-electron chi connectivity index (χ0n) is 22.3. The number of sulfonamides is 1. The molecule has 0 saturated carbocycles. The molecule has 4 aromatic carbocycles. The van der Waals surface area contributed by atoms with E-state index in [-0.39, 0.29) is 48.2 Å². The number of carbonyl (C=O) groups is 2. The van der Waals surface area contributed by atoms with Crippen molar-refractivity contribution in [1.82, 2.24) is 10.0 Å². The summed E-state index contributed by atoms with van der Waals surface area (Å²) in [6, 6.07) is 27.1. The van der Waals surface area contributed by atoms with Gasteiger partial charge in [0.1, 0.15) is 0 Å². The third-order valence-electron chi connectivity index (χ3n) is 5.83. The predicted molar refractivity (Wildman–Crippen MR) is 153 cm³/mol. The summed E-state index contributed by atoms with van der Waals surface area (Å²) in [7, 11) is -3.93. The minimum atomic E-state index is -3.93. The minimum Gasteiger partial charge on any atom is -1.00 e. The van der Waals surface area contributed by atoms with E-state index in [9.17, 15) is 18.0 Å². The Kier molecular flexibility index (Phi) is 9.09. The molecule has 10 heteroatoms. The van der Waals surface area contributed by atoms with Crippen molar-refractivity contribution in [2.24, 2.45) is 4.99 Å². The van der Waals surface area contributed by atoms with Crippen LogP contribution >= 0.6 is 11.8 Å². The molecule has 0 spiro atoms. The van der Waals surface area contributed by atoms with Gasteiger partial charge in [0, 0.05) is 0 Å². The van der Waals surface area contributed by atoms with Crippen LogP contribution in [0.25, 0.3) is 16.8 Å². The minimum absolute atomic E-state index is 0. The second kappa shape index (κ2) is 12.3. The number of hydrogen-bond acceptors (Lipinski definition) is 6. The average Bonchev–Trinajstić information content (AvgIpc) is 3.23. The molecule has 0 aliphatic carbocycles. The van der Waals surface area contributed by atoms with Crippen molar-refractivity contribution >= 4 is 61.3 Å². The molecule has 5 rings (SSSR count). The summed E-state index contributed by atoms with van der Waals surface area (Å²) in [6.45, 7) is 1.85. The van der Waals surface area contributed by atoms with Gasteiger partial charge in [0.15, 0.2) is 5.17 Å². The Morgan fingerprint density at radius 1 is 0.974 bits per heavy atom. The maximum Gasteiger partial charge on any atom is 1.00 e. The summed E-state index contributed by atoms with van der Waals surface area (Å²) in [6.07, 6.45) is 1.73. The van der Waals surface area contributed by atoms with Gasteiger partial charge in [-0.25, -0.2) is 18.1 Å². The van der Waals surface area contributed by atoms with Crippen LogP contribution in [0.5, 0.6) is 0 Å². The third kappa shape index (κ3) is 7.26. The van der Waals surface area contributed by atoms with Crippen LogP contribution in [0.2, 0.25) is 0 Å². The molecule has 4 aromatic rings.